The SMILES string of the molecule is COC1=CCC(C(C)C=C(C)C)OC1=O. The van der Waals surface area contributed by atoms with Crippen molar-refractivity contribution in [2.24, 2.45) is 5.92 Å². The normalized spacial score (nSPS) is 22.5. The highest BCUT2D eigenvalue weighted by atomic mass is 16.6. The summed E-state index contributed by atoms with van der Waals surface area (Å²) in [6, 6.07) is 0. The molecule has 3 heteroatoms. The van der Waals surface area contributed by atoms with E-state index in [1.54, 1.807) is 6.08 Å². The zero-order chi connectivity index (χ0) is 11.4. The van der Waals surface area contributed by atoms with Crippen molar-refractivity contribution in [2.75, 3.05) is 7.11 Å². The molecule has 0 radical (unpaired) electrons. The second kappa shape index (κ2) is 5.01. The van der Waals surface area contributed by atoms with Gasteiger partial charge in [-0.2, -0.15) is 0 Å². The van der Waals surface area contributed by atoms with Gasteiger partial charge in [0.25, 0.3) is 0 Å². The van der Waals surface area contributed by atoms with Crippen molar-refractivity contribution in [1.29, 1.82) is 0 Å². The molecule has 0 bridgehead atoms. The van der Waals surface area contributed by atoms with Crippen molar-refractivity contribution >= 4 is 5.97 Å². The third-order valence-electron chi connectivity index (χ3n) is 2.40. The Morgan fingerprint density at radius 2 is 2.33 bits per heavy atom. The van der Waals surface area contributed by atoms with Gasteiger partial charge in [-0.05, 0) is 19.9 Å². The fourth-order valence-corrected chi connectivity index (χ4v) is 1.67. The van der Waals surface area contributed by atoms with Crippen LogP contribution in [0.1, 0.15) is 27.2 Å². The molecule has 0 fully saturated rings. The first-order valence-electron chi connectivity index (χ1n) is 5.14. The first kappa shape index (κ1) is 11.8. The van der Waals surface area contributed by atoms with Crippen LogP contribution in [-0.2, 0) is 14.3 Å². The fourth-order valence-electron chi connectivity index (χ4n) is 1.67. The Bertz CT molecular complexity index is 298. The molecule has 0 amide bonds. The number of carbonyl (C=O) groups is 1. The van der Waals surface area contributed by atoms with Crippen molar-refractivity contribution < 1.29 is 14.3 Å². The molecular formula is C12H18O3. The number of cyclic esters (lactones) is 1. The third kappa shape index (κ3) is 3.11. The van der Waals surface area contributed by atoms with Crippen LogP contribution < -0.4 is 0 Å². The predicted octanol–water partition coefficient (Wildman–Crippen LogP) is 2.43. The van der Waals surface area contributed by atoms with Gasteiger partial charge in [0, 0.05) is 12.3 Å². The van der Waals surface area contributed by atoms with Gasteiger partial charge in [-0.1, -0.05) is 18.6 Å². The Kier molecular flexibility index (Phi) is 3.95. The van der Waals surface area contributed by atoms with Crippen LogP contribution >= 0.6 is 0 Å². The summed E-state index contributed by atoms with van der Waals surface area (Å²) in [4.78, 5) is 11.4. The van der Waals surface area contributed by atoms with Crippen LogP contribution in [0.15, 0.2) is 23.5 Å². The average Bonchev–Trinajstić information content (AvgIpc) is 2.16. The second-order valence-corrected chi connectivity index (χ2v) is 4.06. The number of carbonyl (C=O) groups excluding carboxylic acids is 1. The molecule has 84 valence electrons. The van der Waals surface area contributed by atoms with E-state index in [4.69, 9.17) is 9.47 Å². The number of rotatable bonds is 3. The summed E-state index contributed by atoms with van der Waals surface area (Å²) in [6.45, 7) is 6.13. The minimum atomic E-state index is -0.359. The Hall–Kier alpha value is -1.25. The summed E-state index contributed by atoms with van der Waals surface area (Å²) in [5.74, 6) is 0.201. The molecular weight excluding hydrogens is 192 g/mol. The van der Waals surface area contributed by atoms with E-state index < -0.39 is 0 Å². The van der Waals surface area contributed by atoms with Gasteiger partial charge in [0.2, 0.25) is 0 Å². The third-order valence-corrected chi connectivity index (χ3v) is 2.40. The Morgan fingerprint density at radius 3 is 2.80 bits per heavy atom. The average molecular weight is 210 g/mol. The van der Waals surface area contributed by atoms with Gasteiger partial charge in [-0.3, -0.25) is 0 Å². The van der Waals surface area contributed by atoms with Crippen molar-refractivity contribution in [2.45, 2.75) is 33.3 Å². The number of hydrogen-bond acceptors (Lipinski definition) is 3. The van der Waals surface area contributed by atoms with Gasteiger partial charge in [0.15, 0.2) is 5.76 Å². The summed E-state index contributed by atoms with van der Waals surface area (Å²) in [5, 5.41) is 0. The highest BCUT2D eigenvalue weighted by Crippen LogP contribution is 2.22. The van der Waals surface area contributed by atoms with Gasteiger partial charge < -0.3 is 9.47 Å². The van der Waals surface area contributed by atoms with Crippen LogP contribution in [0.25, 0.3) is 0 Å². The van der Waals surface area contributed by atoms with Gasteiger partial charge in [0.1, 0.15) is 6.10 Å². The maximum Gasteiger partial charge on any atom is 0.373 e. The molecule has 0 saturated carbocycles. The highest BCUT2D eigenvalue weighted by Gasteiger charge is 2.26. The fraction of sp³-hybridized carbons (Fsp3) is 0.583. The molecule has 1 heterocycles. The lowest BCUT2D eigenvalue weighted by molar-refractivity contribution is -0.151. The maximum atomic E-state index is 11.4. The molecule has 0 aromatic heterocycles. The highest BCUT2D eigenvalue weighted by molar-refractivity contribution is 5.87. The molecule has 1 aliphatic heterocycles. The lowest BCUT2D eigenvalue weighted by atomic mass is 9.98. The van der Waals surface area contributed by atoms with Gasteiger partial charge in [-0.15, -0.1) is 0 Å². The molecule has 15 heavy (non-hydrogen) atoms. The van der Waals surface area contributed by atoms with E-state index in [0.29, 0.717) is 5.76 Å². The molecule has 1 aliphatic rings. The van der Waals surface area contributed by atoms with Crippen LogP contribution in [0.4, 0.5) is 0 Å². The monoisotopic (exact) mass is 210 g/mol. The summed E-state index contributed by atoms with van der Waals surface area (Å²) < 4.78 is 10.2. The van der Waals surface area contributed by atoms with Gasteiger partial charge in [0.05, 0.1) is 7.11 Å². The topological polar surface area (TPSA) is 35.5 Å². The van der Waals surface area contributed by atoms with E-state index in [1.165, 1.54) is 12.7 Å². The van der Waals surface area contributed by atoms with E-state index in [1.807, 2.05) is 13.8 Å². The van der Waals surface area contributed by atoms with Crippen LogP contribution in [-0.4, -0.2) is 19.2 Å². The molecule has 1 rings (SSSR count). The van der Waals surface area contributed by atoms with E-state index in [0.717, 1.165) is 6.42 Å². The number of methoxy groups -OCH3 is 1. The lowest BCUT2D eigenvalue weighted by Gasteiger charge is -2.25. The summed E-state index contributed by atoms with van der Waals surface area (Å²) in [5.41, 5.74) is 1.24. The molecule has 3 nitrogen and oxygen atoms in total. The van der Waals surface area contributed by atoms with Crippen LogP contribution in [0, 0.1) is 5.92 Å². The Morgan fingerprint density at radius 1 is 1.67 bits per heavy atom. The summed E-state index contributed by atoms with van der Waals surface area (Å²) in [6.07, 6.45) is 4.57. The zero-order valence-electron chi connectivity index (χ0n) is 9.74. The molecule has 0 aromatic rings. The molecule has 0 N–H and O–H groups in total. The second-order valence-electron chi connectivity index (χ2n) is 4.06. The largest absolute Gasteiger partial charge is 0.490 e. The summed E-state index contributed by atoms with van der Waals surface area (Å²) >= 11 is 0. The quantitative estimate of drug-likeness (QED) is 0.530. The van der Waals surface area contributed by atoms with Crippen molar-refractivity contribution in [3.63, 3.8) is 0 Å². The smallest absolute Gasteiger partial charge is 0.373 e. The number of esters is 1. The first-order chi connectivity index (χ1) is 7.04. The number of ether oxygens (including phenoxy) is 2. The van der Waals surface area contributed by atoms with Crippen LogP contribution in [0.3, 0.4) is 0 Å². The number of hydrogen-bond donors (Lipinski definition) is 0. The van der Waals surface area contributed by atoms with Crippen molar-refractivity contribution in [3.8, 4) is 0 Å². The standard InChI is InChI=1S/C12H18O3/c1-8(2)7-9(3)10-5-6-11(14-4)12(13)15-10/h6-7,9-10H,5H2,1-4H3. The van der Waals surface area contributed by atoms with Crippen molar-refractivity contribution in [3.05, 3.63) is 23.5 Å². The molecule has 2 atom stereocenters. The molecule has 2 unspecified atom stereocenters. The van der Waals surface area contributed by atoms with E-state index in [-0.39, 0.29) is 18.0 Å². The first-order valence-corrected chi connectivity index (χ1v) is 5.14. The van der Waals surface area contributed by atoms with Crippen molar-refractivity contribution in [1.82, 2.24) is 0 Å². The maximum absolute atomic E-state index is 11.4. The predicted molar refractivity (Wildman–Crippen MR) is 58.2 cm³/mol. The minimum absolute atomic E-state index is 0.0636. The molecule has 0 saturated heterocycles. The molecule has 0 spiro atoms. The van der Waals surface area contributed by atoms with Gasteiger partial charge in [-0.25, -0.2) is 4.79 Å². The molecule has 0 aromatic carbocycles. The van der Waals surface area contributed by atoms with E-state index >= 15 is 0 Å². The van der Waals surface area contributed by atoms with Crippen LogP contribution in [0.5, 0.6) is 0 Å². The lowest BCUT2D eigenvalue weighted by Crippen LogP contribution is -2.29. The molecule has 0 aliphatic carbocycles. The Labute approximate surface area is 90.8 Å². The van der Waals surface area contributed by atoms with E-state index in [9.17, 15) is 4.79 Å². The summed E-state index contributed by atoms with van der Waals surface area (Å²) in [7, 11) is 1.48. The Balaban J connectivity index is 2.66. The van der Waals surface area contributed by atoms with E-state index in [2.05, 4.69) is 13.0 Å². The minimum Gasteiger partial charge on any atom is -0.490 e. The van der Waals surface area contributed by atoms with Crippen LogP contribution in [0.2, 0.25) is 0 Å². The van der Waals surface area contributed by atoms with Gasteiger partial charge >= 0.3 is 5.97 Å². The number of allylic oxidation sites excluding steroid dienone is 1. The zero-order valence-corrected chi connectivity index (χ0v) is 9.74.